The van der Waals surface area contributed by atoms with Gasteiger partial charge in [-0.3, -0.25) is 4.79 Å². The highest BCUT2D eigenvalue weighted by Gasteiger charge is 2.24. The maximum Gasteiger partial charge on any atom is 0.208 e. The van der Waals surface area contributed by atoms with Gasteiger partial charge in [0.1, 0.15) is 18.0 Å². The van der Waals surface area contributed by atoms with E-state index >= 15 is 0 Å². The van der Waals surface area contributed by atoms with Crippen LogP contribution in [0.4, 0.5) is 0 Å². The van der Waals surface area contributed by atoms with Gasteiger partial charge in [0.05, 0.1) is 0 Å². The maximum atomic E-state index is 12.1. The Morgan fingerprint density at radius 3 is 2.06 bits per heavy atom. The van der Waals surface area contributed by atoms with Crippen LogP contribution in [-0.4, -0.2) is 29.8 Å². The van der Waals surface area contributed by atoms with Crippen LogP contribution >= 0.6 is 0 Å². The molecular weight excluding hydrogens is 224 g/mol. The molecule has 0 aliphatic rings. The Bertz CT molecular complexity index is 308. The number of carbonyl (C=O) groups is 1. The summed E-state index contributed by atoms with van der Waals surface area (Å²) in [6.07, 6.45) is 3.10. The third kappa shape index (κ3) is 8.15. The molecule has 2 N–H and O–H groups in total. The van der Waals surface area contributed by atoms with Crippen LogP contribution in [0, 0.1) is 5.92 Å². The van der Waals surface area contributed by atoms with Crippen molar-refractivity contribution in [3.05, 3.63) is 0 Å². The Labute approximate surface area is 112 Å². The zero-order valence-corrected chi connectivity index (χ0v) is 12.9. The highest BCUT2D eigenvalue weighted by atomic mass is 16.1. The van der Waals surface area contributed by atoms with E-state index in [-0.39, 0.29) is 12.0 Å². The monoisotopic (exact) mass is 254 g/mol. The Morgan fingerprint density at radius 1 is 1.00 bits per heavy atom. The predicted octanol–water partition coefficient (Wildman–Crippen LogP) is -0.127. The summed E-state index contributed by atoms with van der Waals surface area (Å²) < 4.78 is 0. The first-order chi connectivity index (χ1) is 8.34. The predicted molar refractivity (Wildman–Crippen MR) is 77.0 cm³/mol. The minimum atomic E-state index is -0.0123. The standard InChI is InChI=1S/C15H28N2O/c1-11(2)15(18)14(17-13(5)6)9-7-8-10-16-12(3)4/h11,14H,7-10H2,1-6H3/p+2. The number of rotatable bonds is 8. The van der Waals surface area contributed by atoms with E-state index < -0.39 is 0 Å². The van der Waals surface area contributed by atoms with Crippen LogP contribution in [0.5, 0.6) is 0 Å². The van der Waals surface area contributed by atoms with E-state index in [1.165, 1.54) is 5.71 Å². The lowest BCUT2D eigenvalue weighted by Gasteiger charge is -2.09. The van der Waals surface area contributed by atoms with E-state index in [1.807, 2.05) is 27.7 Å². The molecule has 1 unspecified atom stereocenters. The van der Waals surface area contributed by atoms with Crippen LogP contribution in [0.3, 0.4) is 0 Å². The van der Waals surface area contributed by atoms with E-state index in [1.54, 1.807) is 0 Å². The Balaban J connectivity index is 4.23. The van der Waals surface area contributed by atoms with Crippen molar-refractivity contribution in [3.8, 4) is 0 Å². The summed E-state index contributed by atoms with van der Waals surface area (Å²) in [5, 5.41) is 0. The average molecular weight is 254 g/mol. The molecule has 3 nitrogen and oxygen atoms in total. The Kier molecular flexibility index (Phi) is 8.51. The number of hydrogen-bond acceptors (Lipinski definition) is 1. The van der Waals surface area contributed by atoms with Gasteiger partial charge in [-0.2, -0.15) is 0 Å². The van der Waals surface area contributed by atoms with Crippen molar-refractivity contribution < 1.29 is 14.8 Å². The minimum absolute atomic E-state index is 0.0123. The summed E-state index contributed by atoms with van der Waals surface area (Å²) in [5.41, 5.74) is 2.37. The summed E-state index contributed by atoms with van der Waals surface area (Å²) in [6.45, 7) is 13.1. The quantitative estimate of drug-likeness (QED) is 0.460. The van der Waals surface area contributed by atoms with Crippen LogP contribution in [-0.2, 0) is 4.79 Å². The van der Waals surface area contributed by atoms with Gasteiger partial charge in [0.15, 0.2) is 0 Å². The van der Waals surface area contributed by atoms with Crippen LogP contribution in [0.1, 0.15) is 60.8 Å². The van der Waals surface area contributed by atoms with Gasteiger partial charge in [0, 0.05) is 46.5 Å². The molecule has 0 aliphatic heterocycles. The number of carbonyl (C=O) groups excluding carboxylic acids is 1. The second-order valence-electron chi connectivity index (χ2n) is 5.68. The molecule has 0 heterocycles. The molecule has 0 saturated carbocycles. The molecule has 0 radical (unpaired) electrons. The molecule has 104 valence electrons. The fourth-order valence-corrected chi connectivity index (χ4v) is 1.85. The topological polar surface area (TPSA) is 45.0 Å². The summed E-state index contributed by atoms with van der Waals surface area (Å²) in [4.78, 5) is 18.7. The maximum absolute atomic E-state index is 12.1. The van der Waals surface area contributed by atoms with E-state index in [2.05, 4.69) is 23.8 Å². The van der Waals surface area contributed by atoms with Crippen molar-refractivity contribution in [2.75, 3.05) is 6.54 Å². The van der Waals surface area contributed by atoms with Crippen LogP contribution in [0.15, 0.2) is 0 Å². The van der Waals surface area contributed by atoms with Gasteiger partial charge < -0.3 is 0 Å². The minimum Gasteiger partial charge on any atom is -0.292 e. The number of nitrogens with one attached hydrogen (secondary N) is 2. The van der Waals surface area contributed by atoms with Crippen LogP contribution in [0.2, 0.25) is 0 Å². The molecule has 0 spiro atoms. The number of unbranched alkanes of at least 4 members (excludes halogenated alkanes) is 1. The molecule has 1 atom stereocenters. The molecule has 0 bridgehead atoms. The molecule has 0 aromatic carbocycles. The van der Waals surface area contributed by atoms with Gasteiger partial charge in [0.2, 0.25) is 11.8 Å². The van der Waals surface area contributed by atoms with Gasteiger partial charge in [0.25, 0.3) is 0 Å². The highest BCUT2D eigenvalue weighted by Crippen LogP contribution is 2.03. The zero-order valence-electron chi connectivity index (χ0n) is 12.9. The first kappa shape index (κ1) is 17.0. The zero-order chi connectivity index (χ0) is 14.1. The number of hydrogen-bond donors (Lipinski definition) is 2. The van der Waals surface area contributed by atoms with Crippen molar-refractivity contribution in [2.24, 2.45) is 5.92 Å². The van der Waals surface area contributed by atoms with E-state index in [0.717, 1.165) is 31.5 Å². The molecule has 0 saturated heterocycles. The van der Waals surface area contributed by atoms with Gasteiger partial charge >= 0.3 is 0 Å². The average Bonchev–Trinajstić information content (AvgIpc) is 2.24. The molecule has 0 aromatic rings. The summed E-state index contributed by atoms with van der Waals surface area (Å²) in [7, 11) is 0. The third-order valence-corrected chi connectivity index (χ3v) is 2.77. The van der Waals surface area contributed by atoms with Crippen molar-refractivity contribution >= 4 is 17.2 Å². The molecule has 18 heavy (non-hydrogen) atoms. The molecule has 3 heteroatoms. The summed E-state index contributed by atoms with van der Waals surface area (Å²) in [5.74, 6) is 0.425. The second kappa shape index (κ2) is 9.01. The van der Waals surface area contributed by atoms with Gasteiger partial charge in [-0.05, 0) is 6.42 Å². The fourth-order valence-electron chi connectivity index (χ4n) is 1.85. The highest BCUT2D eigenvalue weighted by molar-refractivity contribution is 5.85. The normalized spacial score (nSPS) is 12.2. The van der Waals surface area contributed by atoms with Gasteiger partial charge in [-0.15, -0.1) is 0 Å². The largest absolute Gasteiger partial charge is 0.292 e. The van der Waals surface area contributed by atoms with Gasteiger partial charge in [-0.25, -0.2) is 9.98 Å². The molecule has 0 aliphatic carbocycles. The van der Waals surface area contributed by atoms with Crippen LogP contribution < -0.4 is 9.98 Å². The lowest BCUT2D eigenvalue weighted by molar-refractivity contribution is -0.490. The molecule has 0 aromatic heterocycles. The lowest BCUT2D eigenvalue weighted by atomic mass is 9.97. The SMILES string of the molecule is CC(C)=[NH+]CCCCC([NH+]=C(C)C)C(=O)C(C)C. The lowest BCUT2D eigenvalue weighted by Crippen LogP contribution is -2.81. The molecule has 0 amide bonds. The molecule has 0 fully saturated rings. The van der Waals surface area contributed by atoms with E-state index in [4.69, 9.17) is 0 Å². The van der Waals surface area contributed by atoms with Crippen molar-refractivity contribution in [1.82, 2.24) is 0 Å². The van der Waals surface area contributed by atoms with E-state index in [0.29, 0.717) is 5.78 Å². The smallest absolute Gasteiger partial charge is 0.208 e. The fraction of sp³-hybridized carbons (Fsp3) is 0.800. The Hall–Kier alpha value is -0.990. The Morgan fingerprint density at radius 2 is 1.61 bits per heavy atom. The van der Waals surface area contributed by atoms with Crippen molar-refractivity contribution in [2.45, 2.75) is 66.8 Å². The second-order valence-corrected chi connectivity index (χ2v) is 5.68. The number of ketones is 1. The third-order valence-electron chi connectivity index (χ3n) is 2.77. The first-order valence-electron chi connectivity index (χ1n) is 6.99. The molecule has 0 rings (SSSR count). The van der Waals surface area contributed by atoms with E-state index in [9.17, 15) is 4.79 Å². The first-order valence-corrected chi connectivity index (χ1v) is 6.99. The summed E-state index contributed by atoms with van der Waals surface area (Å²) in [6, 6.07) is -0.0123. The van der Waals surface area contributed by atoms with Crippen LogP contribution in [0.25, 0.3) is 0 Å². The number of Topliss-reactive ketones (excluding diaryl/α,β-unsaturated/α-hetero) is 1. The molecular formula is C15H30N2O+2. The summed E-state index contributed by atoms with van der Waals surface area (Å²) >= 11 is 0. The van der Waals surface area contributed by atoms with Crippen molar-refractivity contribution in [1.29, 1.82) is 0 Å². The van der Waals surface area contributed by atoms with Gasteiger partial charge in [-0.1, -0.05) is 13.8 Å². The van der Waals surface area contributed by atoms with Crippen molar-refractivity contribution in [3.63, 3.8) is 0 Å².